The number of aromatic hydroxyl groups is 1. The van der Waals surface area contributed by atoms with Crippen LogP contribution in [-0.4, -0.2) is 75.2 Å². The van der Waals surface area contributed by atoms with Gasteiger partial charge >= 0.3 is 11.8 Å². The topological polar surface area (TPSA) is 127 Å². The molecule has 1 aliphatic rings. The van der Waals surface area contributed by atoms with Crippen molar-refractivity contribution in [3.05, 3.63) is 57.5 Å². The third-order valence-electron chi connectivity index (χ3n) is 5.21. The number of benzene rings is 1. The first kappa shape index (κ1) is 22.9. The summed E-state index contributed by atoms with van der Waals surface area (Å²) in [6, 6.07) is 4.83. The van der Waals surface area contributed by atoms with E-state index < -0.39 is 46.6 Å². The number of rotatable bonds is 4. The van der Waals surface area contributed by atoms with E-state index in [1.54, 1.807) is 0 Å². The highest BCUT2D eigenvalue weighted by Crippen LogP contribution is 2.30. The lowest BCUT2D eigenvalue weighted by molar-refractivity contribution is -0.151. The van der Waals surface area contributed by atoms with Crippen LogP contribution >= 0.6 is 0 Å². The van der Waals surface area contributed by atoms with E-state index in [2.05, 4.69) is 9.97 Å². The van der Waals surface area contributed by atoms with Gasteiger partial charge in [-0.05, 0) is 30.5 Å². The molecule has 0 aliphatic carbocycles. The largest absolute Gasteiger partial charge is 0.501 e. The summed E-state index contributed by atoms with van der Waals surface area (Å²) >= 11 is 0. The fourth-order valence-electron chi connectivity index (χ4n) is 3.52. The number of nitrogens with one attached hydrogen (secondary N) is 1. The molecule has 32 heavy (non-hydrogen) atoms. The number of halogens is 1. The summed E-state index contributed by atoms with van der Waals surface area (Å²) in [6.45, 7) is 0.384. The van der Waals surface area contributed by atoms with Gasteiger partial charge in [0.25, 0.3) is 11.5 Å². The van der Waals surface area contributed by atoms with Crippen LogP contribution < -0.4 is 5.56 Å². The molecule has 1 aromatic carbocycles. The summed E-state index contributed by atoms with van der Waals surface area (Å²) in [5, 5.41) is 10.2. The monoisotopic (exact) mass is 445 g/mol. The van der Waals surface area contributed by atoms with Crippen molar-refractivity contribution in [1.29, 1.82) is 0 Å². The fraction of sp³-hybridized carbons (Fsp3) is 0.381. The Morgan fingerprint density at radius 3 is 2.50 bits per heavy atom. The lowest BCUT2D eigenvalue weighted by atomic mass is 10.2. The Balaban J connectivity index is 1.89. The number of carbonyl (C=O) groups excluding carboxylic acids is 3. The molecule has 2 N–H and O–H groups in total. The molecule has 2 aromatic rings. The molecular formula is C21H24FN5O5. The van der Waals surface area contributed by atoms with Crippen LogP contribution in [0.15, 0.2) is 29.1 Å². The summed E-state index contributed by atoms with van der Waals surface area (Å²) in [4.78, 5) is 60.1. The van der Waals surface area contributed by atoms with Crippen LogP contribution in [-0.2, 0) is 16.1 Å². The van der Waals surface area contributed by atoms with Crippen molar-refractivity contribution < 1.29 is 23.9 Å². The second-order valence-corrected chi connectivity index (χ2v) is 7.79. The maximum Gasteiger partial charge on any atom is 0.312 e. The maximum atomic E-state index is 13.1. The van der Waals surface area contributed by atoms with E-state index in [0.717, 1.165) is 4.90 Å². The molecular weight excluding hydrogens is 421 g/mol. The number of likely N-dealkylation sites (tertiary alicyclic amines) is 1. The highest BCUT2D eigenvalue weighted by Gasteiger charge is 2.36. The van der Waals surface area contributed by atoms with Crippen LogP contribution in [0.1, 0.15) is 40.8 Å². The zero-order chi connectivity index (χ0) is 23.6. The Bertz CT molecular complexity index is 1100. The summed E-state index contributed by atoms with van der Waals surface area (Å²) < 4.78 is 13.1. The molecule has 3 amide bonds. The molecule has 11 heteroatoms. The first-order valence-electron chi connectivity index (χ1n) is 9.95. The van der Waals surface area contributed by atoms with Gasteiger partial charge in [-0.2, -0.15) is 0 Å². The average Bonchev–Trinajstić information content (AvgIpc) is 3.25. The van der Waals surface area contributed by atoms with E-state index in [1.165, 1.54) is 55.2 Å². The van der Waals surface area contributed by atoms with Crippen LogP contribution in [0.2, 0.25) is 0 Å². The zero-order valence-corrected chi connectivity index (χ0v) is 18.0. The van der Waals surface area contributed by atoms with Gasteiger partial charge in [0, 0.05) is 34.2 Å². The van der Waals surface area contributed by atoms with Gasteiger partial charge in [-0.1, -0.05) is 12.1 Å². The number of nitrogens with zero attached hydrogens (tertiary/aromatic N) is 4. The first-order valence-corrected chi connectivity index (χ1v) is 9.95. The Kier molecular flexibility index (Phi) is 6.56. The summed E-state index contributed by atoms with van der Waals surface area (Å²) in [7, 11) is 4.37. The van der Waals surface area contributed by atoms with Crippen molar-refractivity contribution >= 4 is 17.7 Å². The molecule has 170 valence electrons. The number of H-pyrrole nitrogens is 1. The third kappa shape index (κ3) is 4.61. The minimum Gasteiger partial charge on any atom is -0.501 e. The van der Waals surface area contributed by atoms with Gasteiger partial charge < -0.3 is 24.8 Å². The molecule has 1 unspecified atom stereocenters. The van der Waals surface area contributed by atoms with Gasteiger partial charge in [-0.25, -0.2) is 9.37 Å². The smallest absolute Gasteiger partial charge is 0.312 e. The lowest BCUT2D eigenvalue weighted by Crippen LogP contribution is -2.42. The van der Waals surface area contributed by atoms with Crippen molar-refractivity contribution in [2.75, 3.05) is 27.7 Å². The van der Waals surface area contributed by atoms with Gasteiger partial charge in [-0.3, -0.25) is 19.2 Å². The molecule has 1 fully saturated rings. The molecule has 2 heterocycles. The highest BCUT2D eigenvalue weighted by atomic mass is 19.1. The lowest BCUT2D eigenvalue weighted by Gasteiger charge is -2.25. The van der Waals surface area contributed by atoms with Gasteiger partial charge in [0.1, 0.15) is 11.6 Å². The molecule has 1 atom stereocenters. The van der Waals surface area contributed by atoms with Gasteiger partial charge in [0.05, 0.1) is 6.04 Å². The minimum absolute atomic E-state index is 0.0174. The van der Waals surface area contributed by atoms with Crippen LogP contribution in [0.5, 0.6) is 5.75 Å². The van der Waals surface area contributed by atoms with E-state index in [0.29, 0.717) is 24.9 Å². The molecule has 10 nitrogen and oxygen atoms in total. The van der Waals surface area contributed by atoms with E-state index in [1.807, 2.05) is 0 Å². The van der Waals surface area contributed by atoms with Gasteiger partial charge in [0.2, 0.25) is 5.75 Å². The van der Waals surface area contributed by atoms with Gasteiger partial charge in [-0.15, -0.1) is 0 Å². The molecule has 0 radical (unpaired) electrons. The molecule has 1 saturated heterocycles. The summed E-state index contributed by atoms with van der Waals surface area (Å²) in [5.41, 5.74) is -0.750. The van der Waals surface area contributed by atoms with E-state index in [-0.39, 0.29) is 12.4 Å². The van der Waals surface area contributed by atoms with Crippen molar-refractivity contribution in [1.82, 2.24) is 24.7 Å². The van der Waals surface area contributed by atoms with E-state index >= 15 is 0 Å². The number of aromatic amines is 1. The molecule has 3 rings (SSSR count). The minimum atomic E-state index is -0.924. The number of likely N-dealkylation sites (N-methyl/N-ethyl adjacent to an activating group) is 1. The average molecular weight is 445 g/mol. The van der Waals surface area contributed by atoms with Crippen LogP contribution in [0.4, 0.5) is 4.39 Å². The van der Waals surface area contributed by atoms with Crippen LogP contribution in [0.3, 0.4) is 0 Å². The van der Waals surface area contributed by atoms with Crippen LogP contribution in [0.25, 0.3) is 0 Å². The van der Waals surface area contributed by atoms with Crippen molar-refractivity contribution in [3.8, 4) is 5.75 Å². The Labute approximate surface area is 183 Å². The number of hydrogen-bond donors (Lipinski definition) is 2. The zero-order valence-electron chi connectivity index (χ0n) is 18.0. The van der Waals surface area contributed by atoms with E-state index in [4.69, 9.17) is 0 Å². The number of aromatic nitrogens is 2. The van der Waals surface area contributed by atoms with E-state index in [9.17, 15) is 28.7 Å². The molecule has 0 saturated carbocycles. The van der Waals surface area contributed by atoms with Crippen LogP contribution in [0, 0.1) is 5.82 Å². The van der Waals surface area contributed by atoms with Crippen molar-refractivity contribution in [2.24, 2.45) is 0 Å². The van der Waals surface area contributed by atoms with Crippen molar-refractivity contribution in [3.63, 3.8) is 0 Å². The second kappa shape index (κ2) is 9.16. The van der Waals surface area contributed by atoms with Crippen molar-refractivity contribution in [2.45, 2.75) is 25.4 Å². The number of amides is 3. The Morgan fingerprint density at radius 2 is 1.88 bits per heavy atom. The third-order valence-corrected chi connectivity index (χ3v) is 5.21. The highest BCUT2D eigenvalue weighted by molar-refractivity contribution is 6.34. The Morgan fingerprint density at radius 1 is 1.22 bits per heavy atom. The molecule has 1 aromatic heterocycles. The standard InChI is InChI=1S/C21H24FN5O5/c1-25(2)20(31)21(32)27-10-4-5-14(27)17-23-15(16(28)18(29)24-17)19(30)26(3)11-12-6-8-13(22)9-7-12/h6-9,14,28H,4-5,10-11H2,1-3H3,(H,23,24,29). The predicted octanol–water partition coefficient (Wildman–Crippen LogP) is 0.639. The number of hydrogen-bond acceptors (Lipinski definition) is 6. The normalized spacial score (nSPS) is 15.5. The first-order chi connectivity index (χ1) is 15.1. The molecule has 1 aliphatic heterocycles. The second-order valence-electron chi connectivity index (χ2n) is 7.79. The quantitative estimate of drug-likeness (QED) is 0.665. The molecule has 0 spiro atoms. The summed E-state index contributed by atoms with van der Waals surface area (Å²) in [5.74, 6) is -3.42. The Hall–Kier alpha value is -3.76. The van der Waals surface area contributed by atoms with Gasteiger partial charge in [0.15, 0.2) is 5.69 Å². The molecule has 0 bridgehead atoms. The summed E-state index contributed by atoms with van der Waals surface area (Å²) in [6.07, 6.45) is 1.01. The number of carbonyl (C=O) groups is 3. The SMILES string of the molecule is CN(C)C(=O)C(=O)N1CCCC1c1nc(C(=O)N(C)Cc2ccc(F)cc2)c(O)c(=O)[nH]1. The predicted molar refractivity (Wildman–Crippen MR) is 111 cm³/mol. The fourth-order valence-corrected chi connectivity index (χ4v) is 3.52. The maximum absolute atomic E-state index is 13.1.